The van der Waals surface area contributed by atoms with E-state index < -0.39 is 6.55 Å². The van der Waals surface area contributed by atoms with Crippen molar-refractivity contribution in [2.75, 3.05) is 6.61 Å². The summed E-state index contributed by atoms with van der Waals surface area (Å²) in [5.74, 6) is 3.64. The highest BCUT2D eigenvalue weighted by atomic mass is 16.6. The van der Waals surface area contributed by atoms with Crippen LogP contribution in [0.1, 0.15) is 12.0 Å². The molecule has 0 saturated carbocycles. The number of hydrogen-bond donors (Lipinski definition) is 0. The lowest BCUT2D eigenvalue weighted by Gasteiger charge is -2.27. The van der Waals surface area contributed by atoms with E-state index in [1.54, 1.807) is 0 Å². The molecule has 0 atom stereocenters. The van der Waals surface area contributed by atoms with Gasteiger partial charge in [-0.15, -0.1) is 12.9 Å². The van der Waals surface area contributed by atoms with E-state index in [9.17, 15) is 0 Å². The highest BCUT2D eigenvalue weighted by Crippen LogP contribution is 2.37. The zero-order chi connectivity index (χ0) is 15.3. The minimum Gasteiger partial charge on any atom is -0.677 e. The molecule has 1 aliphatic heterocycles. The summed E-state index contributed by atoms with van der Waals surface area (Å²) in [6.07, 6.45) is 2.91. The van der Waals surface area contributed by atoms with E-state index >= 15 is 0 Å². The Labute approximate surface area is 131 Å². The van der Waals surface area contributed by atoms with Gasteiger partial charge >= 0.3 is 6.55 Å². The molecule has 0 fully saturated rings. The molecule has 0 unspecified atom stereocenters. The van der Waals surface area contributed by atoms with E-state index in [0.717, 1.165) is 17.9 Å². The average molecular weight is 295 g/mol. The van der Waals surface area contributed by atoms with Crippen molar-refractivity contribution < 1.29 is 14.0 Å². The van der Waals surface area contributed by atoms with Gasteiger partial charge in [-0.1, -0.05) is 42.5 Å². The molecule has 1 heterocycles. The van der Waals surface area contributed by atoms with Crippen molar-refractivity contribution in [3.63, 3.8) is 0 Å². The molecule has 0 bridgehead atoms. The Balaban J connectivity index is 1.42. The molecular formula is C18H20BO3-. The first-order valence-corrected chi connectivity index (χ1v) is 7.70. The predicted molar refractivity (Wildman–Crippen MR) is 89.2 cm³/mol. The van der Waals surface area contributed by atoms with Gasteiger partial charge in [0.15, 0.2) is 0 Å². The summed E-state index contributed by atoms with van der Waals surface area (Å²) in [6.45, 7) is 1.90. The monoisotopic (exact) mass is 295 g/mol. The lowest BCUT2D eigenvalue weighted by atomic mass is 9.60. The fourth-order valence-electron chi connectivity index (χ4n) is 2.51. The summed E-state index contributed by atoms with van der Waals surface area (Å²) < 4.78 is 17.4. The molecule has 2 aromatic carbocycles. The van der Waals surface area contributed by atoms with Crippen LogP contribution in [-0.2, 0) is 11.3 Å². The van der Waals surface area contributed by atoms with Crippen LogP contribution in [0.15, 0.2) is 66.6 Å². The Morgan fingerprint density at radius 3 is 2.27 bits per heavy atom. The second kappa shape index (κ2) is 6.71. The smallest absolute Gasteiger partial charge is 0.366 e. The normalized spacial score (nSPS) is 15.3. The fraction of sp³-hybridized carbons (Fsp3) is 0.222. The van der Waals surface area contributed by atoms with Crippen molar-refractivity contribution in [3.8, 4) is 11.5 Å². The summed E-state index contributed by atoms with van der Waals surface area (Å²) in [4.78, 5) is 0. The molecule has 3 nitrogen and oxygen atoms in total. The van der Waals surface area contributed by atoms with Gasteiger partial charge in [-0.3, -0.25) is 0 Å². The van der Waals surface area contributed by atoms with Gasteiger partial charge in [-0.05, 0) is 24.1 Å². The molecule has 0 amide bonds. The minimum atomic E-state index is -1.41. The second-order valence-corrected chi connectivity index (χ2v) is 5.61. The molecule has 3 rings (SSSR count). The van der Waals surface area contributed by atoms with Crippen LogP contribution in [0.3, 0.4) is 0 Å². The quantitative estimate of drug-likeness (QED) is 0.589. The molecule has 0 aromatic heterocycles. The molecular weight excluding hydrogens is 275 g/mol. The van der Waals surface area contributed by atoms with Gasteiger partial charge in [0.1, 0.15) is 11.5 Å². The van der Waals surface area contributed by atoms with Crippen molar-refractivity contribution in [2.24, 2.45) is 0 Å². The van der Waals surface area contributed by atoms with Crippen molar-refractivity contribution >= 4 is 6.55 Å². The van der Waals surface area contributed by atoms with Gasteiger partial charge in [0, 0.05) is 0 Å². The van der Waals surface area contributed by atoms with E-state index in [0.29, 0.717) is 13.2 Å². The number of ether oxygens (including phenoxy) is 1. The third kappa shape index (κ3) is 3.71. The Morgan fingerprint density at radius 2 is 1.59 bits per heavy atom. The Kier molecular flexibility index (Phi) is 4.49. The summed E-state index contributed by atoms with van der Waals surface area (Å²) in [5.41, 5.74) is 1.19. The van der Waals surface area contributed by atoms with E-state index in [1.807, 2.05) is 55.3 Å². The van der Waals surface area contributed by atoms with Crippen LogP contribution in [0.2, 0.25) is 6.82 Å². The highest BCUT2D eigenvalue weighted by molar-refractivity contribution is 6.73. The zero-order valence-corrected chi connectivity index (χ0v) is 12.8. The summed E-state index contributed by atoms with van der Waals surface area (Å²) in [5, 5.41) is 0. The standard InChI is InChI=1S/C18H20BO3/c1-19(21-17-11-5-6-12-18(17)22-19)13-7-8-14-20-15-16-9-3-2-4-10-16/h2-7,9-13H,8,14-15H2,1H3/q-1/b13-7+. The number of rotatable bonds is 6. The molecule has 4 heteroatoms. The van der Waals surface area contributed by atoms with Gasteiger partial charge in [-0.25, -0.2) is 0 Å². The molecule has 0 saturated heterocycles. The van der Waals surface area contributed by atoms with Crippen LogP contribution < -0.4 is 9.31 Å². The number of hydrogen-bond acceptors (Lipinski definition) is 3. The average Bonchev–Trinajstić information content (AvgIpc) is 2.88. The van der Waals surface area contributed by atoms with E-state index in [-0.39, 0.29) is 0 Å². The van der Waals surface area contributed by atoms with Crippen molar-refractivity contribution in [1.82, 2.24) is 0 Å². The van der Waals surface area contributed by atoms with Gasteiger partial charge in [0.05, 0.1) is 13.2 Å². The lowest BCUT2D eigenvalue weighted by molar-refractivity contribution is 0.125. The van der Waals surface area contributed by atoms with E-state index in [1.165, 1.54) is 5.56 Å². The molecule has 0 spiro atoms. The van der Waals surface area contributed by atoms with Crippen molar-refractivity contribution in [1.29, 1.82) is 0 Å². The highest BCUT2D eigenvalue weighted by Gasteiger charge is 2.28. The summed E-state index contributed by atoms with van der Waals surface area (Å²) in [6, 6.07) is 17.9. The van der Waals surface area contributed by atoms with Crippen LogP contribution in [0.4, 0.5) is 0 Å². The SMILES string of the molecule is C[B-]1(/C=C/CCOCc2ccccc2)Oc2ccccc2O1. The number of fused-ring (bicyclic) bond motifs is 1. The van der Waals surface area contributed by atoms with Crippen LogP contribution in [0.5, 0.6) is 11.5 Å². The summed E-state index contributed by atoms with van der Waals surface area (Å²) >= 11 is 0. The minimum absolute atomic E-state index is 0.648. The third-order valence-corrected chi connectivity index (χ3v) is 3.60. The Bertz CT molecular complexity index is 615. The maximum absolute atomic E-state index is 5.88. The fourth-order valence-corrected chi connectivity index (χ4v) is 2.51. The largest absolute Gasteiger partial charge is 0.677 e. The lowest BCUT2D eigenvalue weighted by Crippen LogP contribution is -2.39. The molecule has 2 aromatic rings. The first-order chi connectivity index (χ1) is 10.8. The van der Waals surface area contributed by atoms with Gasteiger partial charge in [0.25, 0.3) is 0 Å². The van der Waals surface area contributed by atoms with Crippen LogP contribution >= 0.6 is 0 Å². The van der Waals surface area contributed by atoms with E-state index in [4.69, 9.17) is 14.0 Å². The molecule has 1 aliphatic rings. The maximum atomic E-state index is 5.88. The Hall–Kier alpha value is -2.20. The topological polar surface area (TPSA) is 27.7 Å². The van der Waals surface area contributed by atoms with Gasteiger partial charge in [-0.2, -0.15) is 5.98 Å². The first-order valence-electron chi connectivity index (χ1n) is 7.70. The first kappa shape index (κ1) is 14.7. The second-order valence-electron chi connectivity index (χ2n) is 5.61. The molecule has 0 radical (unpaired) electrons. The summed E-state index contributed by atoms with van der Waals surface area (Å²) in [7, 11) is 0. The Morgan fingerprint density at radius 1 is 0.955 bits per heavy atom. The van der Waals surface area contributed by atoms with Crippen LogP contribution in [0, 0.1) is 0 Å². The maximum Gasteiger partial charge on any atom is 0.366 e. The molecule has 0 N–H and O–H groups in total. The van der Waals surface area contributed by atoms with Crippen LogP contribution in [0.25, 0.3) is 0 Å². The third-order valence-electron chi connectivity index (χ3n) is 3.60. The number of para-hydroxylation sites is 2. The molecule has 0 aliphatic carbocycles. The van der Waals surface area contributed by atoms with Gasteiger partial charge < -0.3 is 14.0 Å². The van der Waals surface area contributed by atoms with Crippen molar-refractivity contribution in [2.45, 2.75) is 19.9 Å². The van der Waals surface area contributed by atoms with E-state index in [2.05, 4.69) is 18.2 Å². The predicted octanol–water partition coefficient (Wildman–Crippen LogP) is 4.23. The van der Waals surface area contributed by atoms with Crippen molar-refractivity contribution in [3.05, 3.63) is 72.2 Å². The molecule has 22 heavy (non-hydrogen) atoms. The molecule has 114 valence electrons. The zero-order valence-electron chi connectivity index (χ0n) is 12.8. The number of benzene rings is 2. The van der Waals surface area contributed by atoms with Crippen LogP contribution in [-0.4, -0.2) is 13.2 Å². The van der Waals surface area contributed by atoms with Gasteiger partial charge in [0.2, 0.25) is 0 Å².